The maximum Gasteiger partial charge on any atom is 0.242 e. The molecule has 2 amide bonds. The van der Waals surface area contributed by atoms with Crippen molar-refractivity contribution in [1.82, 2.24) is 10.2 Å². The molecule has 2 aromatic carbocycles. The van der Waals surface area contributed by atoms with Crippen molar-refractivity contribution < 1.29 is 27.5 Å². The van der Waals surface area contributed by atoms with Gasteiger partial charge in [-0.1, -0.05) is 29.8 Å². The van der Waals surface area contributed by atoms with Crippen molar-refractivity contribution in [2.24, 2.45) is 0 Å². The molecule has 1 N–H and O–H groups in total. The molecule has 190 valence electrons. The van der Waals surface area contributed by atoms with Gasteiger partial charge in [-0.2, -0.15) is 0 Å². The summed E-state index contributed by atoms with van der Waals surface area (Å²) in [6, 6.07) is 12.1. The van der Waals surface area contributed by atoms with E-state index in [0.717, 1.165) is 17.4 Å². The van der Waals surface area contributed by atoms with Gasteiger partial charge in [0.2, 0.25) is 28.6 Å². The summed E-state index contributed by atoms with van der Waals surface area (Å²) in [4.78, 5) is 27.3. The molecule has 0 fully saturated rings. The number of fused-ring (bicyclic) bond motifs is 1. The van der Waals surface area contributed by atoms with Crippen molar-refractivity contribution in [2.75, 3.05) is 30.4 Å². The minimum atomic E-state index is -3.60. The molecule has 35 heavy (non-hydrogen) atoms. The monoisotopic (exact) mass is 503 g/mol. The van der Waals surface area contributed by atoms with Gasteiger partial charge in [0.1, 0.15) is 6.04 Å². The van der Waals surface area contributed by atoms with Crippen LogP contribution in [0.2, 0.25) is 0 Å². The number of nitrogens with zero attached hydrogens (tertiary/aromatic N) is 2. The van der Waals surface area contributed by atoms with E-state index in [2.05, 4.69) is 5.32 Å². The Morgan fingerprint density at radius 2 is 1.77 bits per heavy atom. The van der Waals surface area contributed by atoms with E-state index in [1.54, 1.807) is 30.0 Å². The van der Waals surface area contributed by atoms with E-state index in [-0.39, 0.29) is 44.5 Å². The predicted octanol–water partition coefficient (Wildman–Crippen LogP) is 2.82. The van der Waals surface area contributed by atoms with Crippen LogP contribution in [0.25, 0.3) is 0 Å². The van der Waals surface area contributed by atoms with Crippen LogP contribution in [0, 0.1) is 6.92 Å². The highest BCUT2D eigenvalue weighted by atomic mass is 32.2. The molecule has 0 aliphatic carbocycles. The average Bonchev–Trinajstić information content (AvgIpc) is 3.28. The molecule has 1 aliphatic heterocycles. The predicted molar refractivity (Wildman–Crippen MR) is 134 cm³/mol. The van der Waals surface area contributed by atoms with E-state index in [0.29, 0.717) is 23.7 Å². The maximum absolute atomic E-state index is 13.2. The van der Waals surface area contributed by atoms with Gasteiger partial charge in [-0.3, -0.25) is 13.9 Å². The summed E-state index contributed by atoms with van der Waals surface area (Å²) in [6.45, 7) is 6.46. The van der Waals surface area contributed by atoms with E-state index in [1.807, 2.05) is 38.1 Å². The molecular weight excluding hydrogens is 470 g/mol. The van der Waals surface area contributed by atoms with Crippen LogP contribution in [0.4, 0.5) is 5.69 Å². The van der Waals surface area contributed by atoms with Crippen molar-refractivity contribution in [3.63, 3.8) is 0 Å². The highest BCUT2D eigenvalue weighted by Crippen LogP contribution is 2.36. The van der Waals surface area contributed by atoms with E-state index >= 15 is 0 Å². The first kappa shape index (κ1) is 26.3. The largest absolute Gasteiger partial charge is 0.454 e. The van der Waals surface area contributed by atoms with Gasteiger partial charge in [0, 0.05) is 32.1 Å². The van der Waals surface area contributed by atoms with Gasteiger partial charge in [-0.05, 0) is 44.9 Å². The highest BCUT2D eigenvalue weighted by molar-refractivity contribution is 7.92. The summed E-state index contributed by atoms with van der Waals surface area (Å²) in [5.41, 5.74) is 2.46. The van der Waals surface area contributed by atoms with Crippen LogP contribution in [-0.4, -0.2) is 57.3 Å². The fourth-order valence-corrected chi connectivity index (χ4v) is 4.80. The van der Waals surface area contributed by atoms with Gasteiger partial charge in [0.15, 0.2) is 11.5 Å². The van der Waals surface area contributed by atoms with Gasteiger partial charge in [0.25, 0.3) is 0 Å². The van der Waals surface area contributed by atoms with Gasteiger partial charge in [-0.15, -0.1) is 0 Å². The van der Waals surface area contributed by atoms with Gasteiger partial charge in [-0.25, -0.2) is 8.42 Å². The van der Waals surface area contributed by atoms with Gasteiger partial charge < -0.3 is 19.7 Å². The highest BCUT2D eigenvalue weighted by Gasteiger charge is 2.27. The zero-order valence-corrected chi connectivity index (χ0v) is 21.4. The van der Waals surface area contributed by atoms with Crippen LogP contribution in [0.3, 0.4) is 0 Å². The number of amides is 2. The Hall–Kier alpha value is -3.27. The molecule has 9 nitrogen and oxygen atoms in total. The Kier molecular flexibility index (Phi) is 8.61. The molecule has 1 heterocycles. The zero-order valence-electron chi connectivity index (χ0n) is 20.6. The second-order valence-electron chi connectivity index (χ2n) is 8.55. The number of hydrogen-bond donors (Lipinski definition) is 1. The minimum Gasteiger partial charge on any atom is -0.454 e. The smallest absolute Gasteiger partial charge is 0.242 e. The van der Waals surface area contributed by atoms with Crippen molar-refractivity contribution in [1.29, 1.82) is 0 Å². The Labute approximate surface area is 207 Å². The van der Waals surface area contributed by atoms with Crippen LogP contribution in [0.15, 0.2) is 42.5 Å². The molecule has 0 bridgehead atoms. The molecule has 0 radical (unpaired) electrons. The average molecular weight is 504 g/mol. The molecule has 10 heteroatoms. The number of carbonyl (C=O) groups excluding carboxylic acids is 2. The fourth-order valence-electron chi connectivity index (χ4n) is 3.84. The third-order valence-electron chi connectivity index (χ3n) is 5.79. The Morgan fingerprint density at radius 3 is 2.43 bits per heavy atom. The van der Waals surface area contributed by atoms with Crippen LogP contribution in [0.1, 0.15) is 37.8 Å². The van der Waals surface area contributed by atoms with E-state index in [9.17, 15) is 18.0 Å². The first-order chi connectivity index (χ1) is 16.6. The molecule has 0 unspecified atom stereocenters. The first-order valence-corrected chi connectivity index (χ1v) is 13.4. The molecule has 0 spiro atoms. The number of nitrogens with one attached hydrogen (secondary N) is 1. The molecule has 0 saturated carbocycles. The lowest BCUT2D eigenvalue weighted by atomic mass is 10.1. The van der Waals surface area contributed by atoms with Gasteiger partial charge >= 0.3 is 0 Å². The number of carbonyl (C=O) groups is 2. The fraction of sp³-hybridized carbons (Fsp3) is 0.440. The van der Waals surface area contributed by atoms with Crippen molar-refractivity contribution in [3.05, 3.63) is 53.6 Å². The lowest BCUT2D eigenvalue weighted by Crippen LogP contribution is -2.47. The summed E-state index contributed by atoms with van der Waals surface area (Å²) in [6.07, 6.45) is 1.50. The van der Waals surface area contributed by atoms with Crippen LogP contribution >= 0.6 is 0 Å². The Bertz CT molecular complexity index is 1150. The van der Waals surface area contributed by atoms with Crippen LogP contribution < -0.4 is 19.1 Å². The van der Waals surface area contributed by atoms with Crippen molar-refractivity contribution in [3.8, 4) is 11.5 Å². The number of sulfonamides is 1. The first-order valence-electron chi connectivity index (χ1n) is 11.6. The third kappa shape index (κ3) is 6.88. The van der Waals surface area contributed by atoms with Crippen molar-refractivity contribution >= 4 is 27.5 Å². The zero-order chi connectivity index (χ0) is 25.6. The molecule has 1 atom stereocenters. The molecule has 0 saturated heterocycles. The summed E-state index contributed by atoms with van der Waals surface area (Å²) < 4.78 is 36.9. The van der Waals surface area contributed by atoms with E-state index < -0.39 is 16.1 Å². The topological polar surface area (TPSA) is 105 Å². The summed E-state index contributed by atoms with van der Waals surface area (Å²) in [5.74, 6) is 0.588. The standard InChI is InChI=1S/C25H33N3O6S/c1-5-26-25(30)19(3)27(16-20-10-8-18(2)9-11-20)24(29)7-6-14-28(35(4,31)32)21-12-13-22-23(15-21)34-17-33-22/h8-13,15,19H,5-7,14,16-17H2,1-4H3,(H,26,30)/t19-/m1/s1. The Morgan fingerprint density at radius 1 is 1.09 bits per heavy atom. The Balaban J connectivity index is 1.71. The third-order valence-corrected chi connectivity index (χ3v) is 6.98. The second-order valence-corrected chi connectivity index (χ2v) is 10.5. The van der Waals surface area contributed by atoms with Crippen LogP contribution in [0.5, 0.6) is 11.5 Å². The van der Waals surface area contributed by atoms with Gasteiger partial charge in [0.05, 0.1) is 11.9 Å². The summed E-state index contributed by atoms with van der Waals surface area (Å²) in [5, 5.41) is 2.77. The van der Waals surface area contributed by atoms with Crippen molar-refractivity contribution in [2.45, 2.75) is 46.2 Å². The number of ether oxygens (including phenoxy) is 2. The molecular formula is C25H33N3O6S. The minimum absolute atomic E-state index is 0.0895. The lowest BCUT2D eigenvalue weighted by molar-refractivity contribution is -0.140. The quantitative estimate of drug-likeness (QED) is 0.506. The normalized spacial score (nSPS) is 13.3. The number of likely N-dealkylation sites (N-methyl/N-ethyl adjacent to an activating group) is 1. The SMILES string of the molecule is CCNC(=O)[C@@H](C)N(Cc1ccc(C)cc1)C(=O)CCCN(c1ccc2c(c1)OCO2)S(C)(=O)=O. The number of hydrogen-bond acceptors (Lipinski definition) is 6. The number of rotatable bonds is 11. The second kappa shape index (κ2) is 11.4. The lowest BCUT2D eigenvalue weighted by Gasteiger charge is -2.29. The molecule has 3 rings (SSSR count). The van der Waals surface area contributed by atoms with E-state index in [4.69, 9.17) is 9.47 Å². The number of benzene rings is 2. The molecule has 1 aliphatic rings. The molecule has 0 aromatic heterocycles. The summed E-state index contributed by atoms with van der Waals surface area (Å²) in [7, 11) is -3.60. The molecule has 2 aromatic rings. The van der Waals surface area contributed by atoms with Crippen LogP contribution in [-0.2, 0) is 26.2 Å². The maximum atomic E-state index is 13.2. The van der Waals surface area contributed by atoms with E-state index in [1.165, 1.54) is 4.31 Å². The number of aryl methyl sites for hydroxylation is 1. The summed E-state index contributed by atoms with van der Waals surface area (Å²) >= 11 is 0. The number of anilines is 1.